The van der Waals surface area contributed by atoms with Gasteiger partial charge in [0.25, 0.3) is 11.7 Å². The summed E-state index contributed by atoms with van der Waals surface area (Å²) in [7, 11) is 0. The normalized spacial score (nSPS) is 10.2. The van der Waals surface area contributed by atoms with Gasteiger partial charge in [-0.15, -0.1) is 29.9 Å². The monoisotopic (exact) mass is 410 g/mol. The van der Waals surface area contributed by atoms with Crippen molar-refractivity contribution in [3.63, 3.8) is 0 Å². The van der Waals surface area contributed by atoms with E-state index in [1.165, 1.54) is 5.56 Å². The van der Waals surface area contributed by atoms with Crippen LogP contribution in [0.3, 0.4) is 0 Å². The second-order valence-corrected chi connectivity index (χ2v) is 6.00. The number of fused-ring (bicyclic) bond motifs is 1. The fourth-order valence-corrected chi connectivity index (χ4v) is 2.78. The van der Waals surface area contributed by atoms with Gasteiger partial charge in [0.15, 0.2) is 0 Å². The zero-order valence-corrected chi connectivity index (χ0v) is 17.0. The van der Waals surface area contributed by atoms with Crippen molar-refractivity contribution >= 4 is 36.5 Å². The van der Waals surface area contributed by atoms with Crippen LogP contribution in [-0.4, -0.2) is 50.0 Å². The van der Waals surface area contributed by atoms with Gasteiger partial charge >= 0.3 is 0 Å². The Balaban J connectivity index is 0.00000182. The van der Waals surface area contributed by atoms with Gasteiger partial charge in [-0.05, 0) is 31.9 Å². The van der Waals surface area contributed by atoms with Gasteiger partial charge < -0.3 is 10.6 Å². The minimum Gasteiger partial charge on any atom is -0.334 e. The van der Waals surface area contributed by atoms with Crippen molar-refractivity contribution in [1.82, 2.24) is 24.5 Å². The molecule has 0 aliphatic carbocycles. The number of hydrogen-bond donors (Lipinski definition) is 1. The van der Waals surface area contributed by atoms with Gasteiger partial charge in [0.1, 0.15) is 0 Å². The highest BCUT2D eigenvalue weighted by atomic mass is 35.5. The molecule has 2 heterocycles. The summed E-state index contributed by atoms with van der Waals surface area (Å²) in [5.41, 5.74) is 8.59. The molecular formula is C18H24Cl2N6O. The molecule has 9 heteroatoms. The number of hydrogen-bond acceptors (Lipinski definition) is 5. The van der Waals surface area contributed by atoms with Crippen LogP contribution in [0.15, 0.2) is 36.4 Å². The van der Waals surface area contributed by atoms with E-state index < -0.39 is 0 Å². The van der Waals surface area contributed by atoms with Crippen LogP contribution in [0.2, 0.25) is 0 Å². The number of amides is 1. The van der Waals surface area contributed by atoms with Gasteiger partial charge in [-0.2, -0.15) is 4.98 Å². The Morgan fingerprint density at radius 1 is 1.11 bits per heavy atom. The Morgan fingerprint density at radius 2 is 1.81 bits per heavy atom. The highest BCUT2D eigenvalue weighted by Gasteiger charge is 2.21. The Morgan fingerprint density at radius 3 is 2.48 bits per heavy atom. The number of aromatic nitrogens is 4. The predicted molar refractivity (Wildman–Crippen MR) is 110 cm³/mol. The molecule has 0 aliphatic heterocycles. The smallest absolute Gasteiger partial charge is 0.293 e. The van der Waals surface area contributed by atoms with E-state index in [9.17, 15) is 4.79 Å². The third-order valence-electron chi connectivity index (χ3n) is 4.01. The summed E-state index contributed by atoms with van der Waals surface area (Å²) in [6.07, 6.45) is 0.760. The van der Waals surface area contributed by atoms with E-state index in [0.717, 1.165) is 17.8 Å². The summed E-state index contributed by atoms with van der Waals surface area (Å²) in [6, 6.07) is 12.0. The van der Waals surface area contributed by atoms with Crippen molar-refractivity contribution in [3.05, 3.63) is 59.2 Å². The first-order valence-corrected chi connectivity index (χ1v) is 8.33. The van der Waals surface area contributed by atoms with Crippen LogP contribution in [0.4, 0.5) is 0 Å². The van der Waals surface area contributed by atoms with Crippen LogP contribution < -0.4 is 5.73 Å². The maximum Gasteiger partial charge on any atom is 0.293 e. The Labute approximate surface area is 170 Å². The van der Waals surface area contributed by atoms with E-state index in [1.54, 1.807) is 9.42 Å². The van der Waals surface area contributed by atoms with Gasteiger partial charge in [0.05, 0.1) is 0 Å². The lowest BCUT2D eigenvalue weighted by molar-refractivity contribution is 0.0750. The van der Waals surface area contributed by atoms with Gasteiger partial charge in [0.2, 0.25) is 5.82 Å². The molecule has 2 aromatic heterocycles. The first-order chi connectivity index (χ1) is 12.1. The molecule has 2 N–H and O–H groups in total. The molecule has 0 bridgehead atoms. The van der Waals surface area contributed by atoms with Crippen molar-refractivity contribution in [2.24, 2.45) is 5.73 Å². The summed E-state index contributed by atoms with van der Waals surface area (Å²) in [6.45, 7) is 5.24. The largest absolute Gasteiger partial charge is 0.334 e. The standard InChI is InChI=1S/C18H22N6O.2ClH/c1-13-12-14(2)24-18(20-13)21-16(22-24)17(25)23(11-9-19)10-8-15-6-4-3-5-7-15;;/h3-7,12H,8-11,19H2,1-2H3;2*1H. The molecule has 146 valence electrons. The molecule has 1 amide bonds. The third-order valence-corrected chi connectivity index (χ3v) is 4.01. The van der Waals surface area contributed by atoms with E-state index in [1.807, 2.05) is 50.2 Å². The van der Waals surface area contributed by atoms with E-state index >= 15 is 0 Å². The highest BCUT2D eigenvalue weighted by Crippen LogP contribution is 2.08. The summed E-state index contributed by atoms with van der Waals surface area (Å²) >= 11 is 0. The Kier molecular flexibility index (Phi) is 8.62. The lowest BCUT2D eigenvalue weighted by Crippen LogP contribution is -2.37. The molecule has 3 rings (SSSR count). The Hall–Kier alpha value is -2.22. The fourth-order valence-electron chi connectivity index (χ4n) is 2.78. The second kappa shape index (κ2) is 10.2. The number of carbonyl (C=O) groups is 1. The Bertz CT molecular complexity index is 884. The number of aryl methyl sites for hydroxylation is 2. The number of benzene rings is 1. The third kappa shape index (κ3) is 5.38. The number of rotatable bonds is 6. The molecule has 0 saturated heterocycles. The number of carbonyl (C=O) groups excluding carboxylic acids is 1. The molecule has 7 nitrogen and oxygen atoms in total. The molecule has 0 radical (unpaired) electrons. The summed E-state index contributed by atoms with van der Waals surface area (Å²) in [4.78, 5) is 23.2. The van der Waals surface area contributed by atoms with Crippen molar-refractivity contribution in [2.45, 2.75) is 20.3 Å². The molecule has 0 unspecified atom stereocenters. The minimum atomic E-state index is -0.219. The zero-order valence-electron chi connectivity index (χ0n) is 15.3. The molecule has 1 aromatic carbocycles. The lowest BCUT2D eigenvalue weighted by Gasteiger charge is -2.20. The van der Waals surface area contributed by atoms with Gasteiger partial charge in [0, 0.05) is 31.0 Å². The van der Waals surface area contributed by atoms with E-state index in [4.69, 9.17) is 5.73 Å². The van der Waals surface area contributed by atoms with Crippen LogP contribution >= 0.6 is 24.8 Å². The minimum absolute atomic E-state index is 0. The van der Waals surface area contributed by atoms with Crippen LogP contribution in [0.1, 0.15) is 27.6 Å². The van der Waals surface area contributed by atoms with E-state index in [2.05, 4.69) is 15.1 Å². The lowest BCUT2D eigenvalue weighted by atomic mass is 10.1. The quantitative estimate of drug-likeness (QED) is 0.672. The van der Waals surface area contributed by atoms with Gasteiger partial charge in [-0.1, -0.05) is 30.3 Å². The zero-order chi connectivity index (χ0) is 17.8. The molecule has 0 atom stereocenters. The fraction of sp³-hybridized carbons (Fsp3) is 0.333. The topological polar surface area (TPSA) is 89.4 Å². The summed E-state index contributed by atoms with van der Waals surface area (Å²) < 4.78 is 1.60. The molecule has 0 saturated carbocycles. The first kappa shape index (κ1) is 22.8. The van der Waals surface area contributed by atoms with Crippen molar-refractivity contribution < 1.29 is 4.79 Å². The highest BCUT2D eigenvalue weighted by molar-refractivity contribution is 5.91. The predicted octanol–water partition coefficient (Wildman–Crippen LogP) is 2.23. The first-order valence-electron chi connectivity index (χ1n) is 8.33. The average Bonchev–Trinajstić information content (AvgIpc) is 3.03. The number of halogens is 2. The number of nitrogens with two attached hydrogens (primary N) is 1. The van der Waals surface area contributed by atoms with Crippen molar-refractivity contribution in [1.29, 1.82) is 0 Å². The van der Waals surface area contributed by atoms with Gasteiger partial charge in [-0.3, -0.25) is 4.79 Å². The molecule has 0 aliphatic rings. The number of nitrogens with zero attached hydrogens (tertiary/aromatic N) is 5. The van der Waals surface area contributed by atoms with E-state index in [-0.39, 0.29) is 36.5 Å². The van der Waals surface area contributed by atoms with Gasteiger partial charge in [-0.25, -0.2) is 9.50 Å². The van der Waals surface area contributed by atoms with Crippen LogP contribution in [-0.2, 0) is 6.42 Å². The van der Waals surface area contributed by atoms with Crippen molar-refractivity contribution in [3.8, 4) is 0 Å². The van der Waals surface area contributed by atoms with Crippen LogP contribution in [0, 0.1) is 13.8 Å². The maximum atomic E-state index is 12.8. The summed E-state index contributed by atoms with van der Waals surface area (Å²) in [5.74, 6) is 0.378. The molecule has 0 spiro atoms. The molecular weight excluding hydrogens is 387 g/mol. The maximum absolute atomic E-state index is 12.8. The summed E-state index contributed by atoms with van der Waals surface area (Å²) in [5, 5.41) is 4.32. The van der Waals surface area contributed by atoms with E-state index in [0.29, 0.717) is 25.4 Å². The van der Waals surface area contributed by atoms with Crippen LogP contribution in [0.5, 0.6) is 0 Å². The molecule has 3 aromatic rings. The SMILES string of the molecule is Cc1cc(C)n2nc(C(=O)N(CCN)CCc3ccccc3)nc2n1.Cl.Cl. The molecule has 0 fully saturated rings. The average molecular weight is 411 g/mol. The molecule has 27 heavy (non-hydrogen) atoms. The second-order valence-electron chi connectivity index (χ2n) is 6.00. The van der Waals surface area contributed by atoms with Crippen LogP contribution in [0.25, 0.3) is 5.78 Å². The van der Waals surface area contributed by atoms with Crippen molar-refractivity contribution in [2.75, 3.05) is 19.6 Å².